The van der Waals surface area contributed by atoms with Gasteiger partial charge in [-0.05, 0) is 47.2 Å². The quantitative estimate of drug-likeness (QED) is 0.482. The van der Waals surface area contributed by atoms with Crippen molar-refractivity contribution >= 4 is 17.4 Å². The molecule has 3 aromatic rings. The summed E-state index contributed by atoms with van der Waals surface area (Å²) in [6.07, 6.45) is 2.10. The Kier molecular flexibility index (Phi) is 5.35. The molecule has 0 atom stereocenters. The van der Waals surface area contributed by atoms with Gasteiger partial charge >= 0.3 is 0 Å². The molecule has 0 bridgehead atoms. The number of rotatable bonds is 6. The van der Waals surface area contributed by atoms with Gasteiger partial charge in [-0.25, -0.2) is 5.43 Å². The van der Waals surface area contributed by atoms with E-state index in [1.54, 1.807) is 11.8 Å². The van der Waals surface area contributed by atoms with Gasteiger partial charge in [-0.2, -0.15) is 0 Å². The van der Waals surface area contributed by atoms with Crippen molar-refractivity contribution in [2.24, 2.45) is 0 Å². The van der Waals surface area contributed by atoms with Gasteiger partial charge in [0, 0.05) is 17.1 Å². The van der Waals surface area contributed by atoms with E-state index >= 15 is 0 Å². The molecule has 2 N–H and O–H groups in total. The molecule has 0 aromatic heterocycles. The Balaban J connectivity index is 1.72. The second kappa shape index (κ2) is 7.86. The summed E-state index contributed by atoms with van der Waals surface area (Å²) in [7, 11) is 0. The SMILES string of the molecule is CSc1ccc(-c2ccccc2CNNc2ccccc2)cc1. The molecule has 0 amide bonds. The molecule has 0 aliphatic heterocycles. The molecule has 116 valence electrons. The van der Waals surface area contributed by atoms with Gasteiger partial charge in [0.2, 0.25) is 0 Å². The average Bonchev–Trinajstić information content (AvgIpc) is 2.63. The van der Waals surface area contributed by atoms with Crippen molar-refractivity contribution in [3.05, 3.63) is 84.4 Å². The first-order valence-electron chi connectivity index (χ1n) is 7.63. The second-order valence-electron chi connectivity index (χ2n) is 5.23. The minimum absolute atomic E-state index is 0.759. The summed E-state index contributed by atoms with van der Waals surface area (Å²) in [4.78, 5) is 1.29. The number of anilines is 1. The zero-order chi connectivity index (χ0) is 15.9. The van der Waals surface area contributed by atoms with E-state index in [0.29, 0.717) is 0 Å². The van der Waals surface area contributed by atoms with Crippen LogP contribution in [0.15, 0.2) is 83.8 Å². The number of para-hydroxylation sites is 1. The molecule has 0 radical (unpaired) electrons. The highest BCUT2D eigenvalue weighted by molar-refractivity contribution is 7.98. The lowest BCUT2D eigenvalue weighted by Gasteiger charge is -2.12. The summed E-state index contributed by atoms with van der Waals surface area (Å²) < 4.78 is 0. The van der Waals surface area contributed by atoms with Crippen molar-refractivity contribution < 1.29 is 0 Å². The fourth-order valence-electron chi connectivity index (χ4n) is 2.49. The summed E-state index contributed by atoms with van der Waals surface area (Å²) in [6.45, 7) is 0.759. The van der Waals surface area contributed by atoms with Crippen LogP contribution in [0.25, 0.3) is 11.1 Å². The van der Waals surface area contributed by atoms with Crippen LogP contribution in [0.1, 0.15) is 5.56 Å². The van der Waals surface area contributed by atoms with Crippen molar-refractivity contribution in [1.82, 2.24) is 5.43 Å². The van der Waals surface area contributed by atoms with Gasteiger partial charge in [0.15, 0.2) is 0 Å². The summed E-state index contributed by atoms with van der Waals surface area (Å²) in [5.74, 6) is 0. The van der Waals surface area contributed by atoms with Crippen LogP contribution in [-0.4, -0.2) is 6.26 Å². The van der Waals surface area contributed by atoms with Crippen molar-refractivity contribution in [2.75, 3.05) is 11.7 Å². The van der Waals surface area contributed by atoms with Crippen molar-refractivity contribution in [2.45, 2.75) is 11.4 Å². The Morgan fingerprint density at radius 1 is 0.783 bits per heavy atom. The fourth-order valence-corrected chi connectivity index (χ4v) is 2.90. The van der Waals surface area contributed by atoms with Crippen LogP contribution >= 0.6 is 11.8 Å². The largest absolute Gasteiger partial charge is 0.321 e. The molecule has 0 saturated carbocycles. The number of hydrazine groups is 1. The zero-order valence-electron chi connectivity index (χ0n) is 13.1. The molecule has 0 heterocycles. The zero-order valence-corrected chi connectivity index (χ0v) is 13.9. The average molecular weight is 320 g/mol. The van der Waals surface area contributed by atoms with E-state index in [9.17, 15) is 0 Å². The van der Waals surface area contributed by atoms with Gasteiger partial charge in [-0.3, -0.25) is 0 Å². The lowest BCUT2D eigenvalue weighted by atomic mass is 10.00. The molecular weight excluding hydrogens is 300 g/mol. The smallest absolute Gasteiger partial charge is 0.0487 e. The third-order valence-corrected chi connectivity index (χ3v) is 4.45. The van der Waals surface area contributed by atoms with Crippen molar-refractivity contribution in [1.29, 1.82) is 0 Å². The first kappa shape index (κ1) is 15.7. The van der Waals surface area contributed by atoms with Crippen LogP contribution in [-0.2, 0) is 6.54 Å². The van der Waals surface area contributed by atoms with Crippen LogP contribution in [0, 0.1) is 0 Å². The molecule has 0 saturated heterocycles. The molecular formula is C20H20N2S. The van der Waals surface area contributed by atoms with Crippen LogP contribution < -0.4 is 10.9 Å². The summed E-state index contributed by atoms with van der Waals surface area (Å²) in [5, 5.41) is 0. The maximum absolute atomic E-state index is 3.30. The number of hydrogen-bond acceptors (Lipinski definition) is 3. The number of nitrogens with one attached hydrogen (secondary N) is 2. The van der Waals surface area contributed by atoms with Crippen molar-refractivity contribution in [3.8, 4) is 11.1 Å². The summed E-state index contributed by atoms with van der Waals surface area (Å²) >= 11 is 1.77. The lowest BCUT2D eigenvalue weighted by Crippen LogP contribution is -2.21. The van der Waals surface area contributed by atoms with Gasteiger partial charge in [0.25, 0.3) is 0 Å². The molecule has 3 rings (SSSR count). The monoisotopic (exact) mass is 320 g/mol. The molecule has 3 heteroatoms. The van der Waals surface area contributed by atoms with E-state index in [0.717, 1.165) is 12.2 Å². The Morgan fingerprint density at radius 3 is 2.22 bits per heavy atom. The number of thioether (sulfide) groups is 1. The molecule has 0 spiro atoms. The Bertz CT molecular complexity index is 739. The van der Waals surface area contributed by atoms with E-state index in [-0.39, 0.29) is 0 Å². The maximum Gasteiger partial charge on any atom is 0.0487 e. The van der Waals surface area contributed by atoms with E-state index in [1.807, 2.05) is 30.3 Å². The molecule has 3 aromatic carbocycles. The van der Waals surface area contributed by atoms with Gasteiger partial charge in [-0.1, -0.05) is 54.6 Å². The predicted octanol–water partition coefficient (Wildman–Crippen LogP) is 5.19. The van der Waals surface area contributed by atoms with Crippen LogP contribution in [0.4, 0.5) is 5.69 Å². The number of hydrogen-bond donors (Lipinski definition) is 2. The third-order valence-electron chi connectivity index (χ3n) is 3.70. The third kappa shape index (κ3) is 4.15. The Labute approximate surface area is 141 Å². The van der Waals surface area contributed by atoms with Crippen LogP contribution in [0.2, 0.25) is 0 Å². The number of benzene rings is 3. The maximum atomic E-state index is 3.30. The molecule has 0 aliphatic carbocycles. The second-order valence-corrected chi connectivity index (χ2v) is 6.11. The minimum atomic E-state index is 0.759. The van der Waals surface area contributed by atoms with Crippen LogP contribution in [0.3, 0.4) is 0 Å². The molecule has 0 fully saturated rings. The predicted molar refractivity (Wildman–Crippen MR) is 101 cm³/mol. The van der Waals surface area contributed by atoms with Gasteiger partial charge < -0.3 is 5.43 Å². The normalized spacial score (nSPS) is 10.5. The standard InChI is InChI=1S/C20H20N2S/c1-23-19-13-11-16(12-14-19)20-10-6-5-7-17(20)15-21-22-18-8-3-2-4-9-18/h2-14,21-22H,15H2,1H3. The Hall–Kier alpha value is -2.23. The summed E-state index contributed by atoms with van der Waals surface area (Å²) in [5.41, 5.74) is 11.4. The highest BCUT2D eigenvalue weighted by Crippen LogP contribution is 2.26. The van der Waals surface area contributed by atoms with E-state index in [2.05, 4.69) is 65.6 Å². The fraction of sp³-hybridized carbons (Fsp3) is 0.100. The van der Waals surface area contributed by atoms with Gasteiger partial charge in [-0.15, -0.1) is 11.8 Å². The Morgan fingerprint density at radius 2 is 1.48 bits per heavy atom. The van der Waals surface area contributed by atoms with E-state index in [4.69, 9.17) is 0 Å². The van der Waals surface area contributed by atoms with E-state index in [1.165, 1.54) is 21.6 Å². The highest BCUT2D eigenvalue weighted by Gasteiger charge is 2.04. The van der Waals surface area contributed by atoms with Gasteiger partial charge in [0.05, 0.1) is 0 Å². The van der Waals surface area contributed by atoms with E-state index < -0.39 is 0 Å². The topological polar surface area (TPSA) is 24.1 Å². The summed E-state index contributed by atoms with van der Waals surface area (Å²) in [6, 6.07) is 27.4. The molecule has 23 heavy (non-hydrogen) atoms. The highest BCUT2D eigenvalue weighted by atomic mass is 32.2. The van der Waals surface area contributed by atoms with Crippen molar-refractivity contribution in [3.63, 3.8) is 0 Å². The lowest BCUT2D eigenvalue weighted by molar-refractivity contribution is 0.803. The van der Waals surface area contributed by atoms with Crippen LogP contribution in [0.5, 0.6) is 0 Å². The molecule has 0 aliphatic rings. The minimum Gasteiger partial charge on any atom is -0.321 e. The molecule has 0 unspecified atom stereocenters. The first-order valence-corrected chi connectivity index (χ1v) is 8.85. The van der Waals surface area contributed by atoms with Gasteiger partial charge in [0.1, 0.15) is 0 Å². The first-order chi connectivity index (χ1) is 11.4. The molecule has 2 nitrogen and oxygen atoms in total.